The minimum atomic E-state index is -0.297. The molecule has 2 amide bonds. The average molecular weight is 609 g/mol. The molecule has 7 rings (SSSR count). The van der Waals surface area contributed by atoms with E-state index >= 15 is 0 Å². The van der Waals surface area contributed by atoms with Crippen molar-refractivity contribution in [3.63, 3.8) is 0 Å². The molecule has 0 bridgehead atoms. The highest BCUT2D eigenvalue weighted by atomic mass is 16.5. The summed E-state index contributed by atoms with van der Waals surface area (Å²) in [7, 11) is 3.25. The molecule has 10 heteroatoms. The van der Waals surface area contributed by atoms with Crippen LogP contribution in [0.2, 0.25) is 0 Å². The second kappa shape index (κ2) is 11.9. The highest BCUT2D eigenvalue weighted by Crippen LogP contribution is 2.26. The predicted octanol–water partition coefficient (Wildman–Crippen LogP) is 7.30. The quantitative estimate of drug-likeness (QED) is 0.143. The molecule has 0 atom stereocenters. The van der Waals surface area contributed by atoms with E-state index in [0.29, 0.717) is 22.5 Å². The standard InChI is InChI=1S/C36H28N6O4/c1-45-27-13-7-21(8-14-27)33-39-29-17-11-25(19-31(29)41-33)37-35(43)23-3-5-24(6-4-23)36(44)38-26-12-18-30-32(20-26)42-34(40-30)22-9-15-28(46-2)16-10-22/h3-20H,1-2H3,(H,37,43)(H,38,44)(H,39,41)(H,40,42). The van der Waals surface area contributed by atoms with Crippen molar-refractivity contribution in [1.29, 1.82) is 0 Å². The molecule has 46 heavy (non-hydrogen) atoms. The maximum absolute atomic E-state index is 13.0. The van der Waals surface area contributed by atoms with E-state index in [9.17, 15) is 9.59 Å². The minimum absolute atomic E-state index is 0.297. The van der Waals surface area contributed by atoms with Crippen molar-refractivity contribution in [3.8, 4) is 34.3 Å². The Bertz CT molecular complexity index is 2040. The Morgan fingerprint density at radius 3 is 1.30 bits per heavy atom. The number of ether oxygens (including phenoxy) is 2. The molecule has 0 unspecified atom stereocenters. The molecule has 2 aromatic heterocycles. The van der Waals surface area contributed by atoms with Gasteiger partial charge in [-0.25, -0.2) is 9.97 Å². The van der Waals surface area contributed by atoms with Gasteiger partial charge in [-0.3, -0.25) is 9.59 Å². The van der Waals surface area contributed by atoms with Gasteiger partial charge in [0.25, 0.3) is 11.8 Å². The number of imidazole rings is 2. The second-order valence-electron chi connectivity index (χ2n) is 10.6. The van der Waals surface area contributed by atoms with Crippen LogP contribution in [-0.4, -0.2) is 46.0 Å². The smallest absolute Gasteiger partial charge is 0.255 e. The molecule has 5 aromatic carbocycles. The van der Waals surface area contributed by atoms with Crippen LogP contribution < -0.4 is 20.1 Å². The molecule has 226 valence electrons. The minimum Gasteiger partial charge on any atom is -0.497 e. The molecule has 0 saturated heterocycles. The van der Waals surface area contributed by atoms with Crippen molar-refractivity contribution < 1.29 is 19.1 Å². The van der Waals surface area contributed by atoms with Gasteiger partial charge in [0.2, 0.25) is 0 Å². The number of nitrogens with zero attached hydrogens (tertiary/aromatic N) is 2. The third-order valence-electron chi connectivity index (χ3n) is 7.62. The lowest BCUT2D eigenvalue weighted by Gasteiger charge is -2.08. The van der Waals surface area contributed by atoms with Gasteiger partial charge in [0.05, 0.1) is 36.3 Å². The van der Waals surface area contributed by atoms with Gasteiger partial charge >= 0.3 is 0 Å². The Morgan fingerprint density at radius 2 is 0.935 bits per heavy atom. The summed E-state index contributed by atoms with van der Waals surface area (Å²) in [5.41, 5.74) is 7.04. The molecule has 2 heterocycles. The first-order valence-electron chi connectivity index (χ1n) is 14.5. The SMILES string of the molecule is COc1ccc(-c2nc3cc(NC(=O)c4ccc(C(=O)Nc5ccc6[nH]c(-c7ccc(OC)cc7)nc6c5)cc4)ccc3[nH]2)cc1. The van der Waals surface area contributed by atoms with Gasteiger partial charge in [-0.15, -0.1) is 0 Å². The van der Waals surface area contributed by atoms with Gasteiger partial charge in [0.15, 0.2) is 0 Å². The second-order valence-corrected chi connectivity index (χ2v) is 10.6. The maximum atomic E-state index is 13.0. The molecule has 7 aromatic rings. The van der Waals surface area contributed by atoms with Crippen LogP contribution in [0.4, 0.5) is 11.4 Å². The molecule has 0 aliphatic carbocycles. The number of hydrogen-bond donors (Lipinski definition) is 4. The van der Waals surface area contributed by atoms with E-state index in [0.717, 1.165) is 56.3 Å². The molecule has 0 radical (unpaired) electrons. The van der Waals surface area contributed by atoms with Gasteiger partial charge in [0, 0.05) is 33.6 Å². The van der Waals surface area contributed by atoms with Crippen LogP contribution in [0, 0.1) is 0 Å². The fourth-order valence-corrected chi connectivity index (χ4v) is 5.12. The molecule has 0 aliphatic rings. The van der Waals surface area contributed by atoms with Crippen LogP contribution in [0.3, 0.4) is 0 Å². The molecule has 0 fully saturated rings. The first-order valence-corrected chi connectivity index (χ1v) is 14.5. The lowest BCUT2D eigenvalue weighted by molar-refractivity contribution is 0.101. The van der Waals surface area contributed by atoms with Crippen LogP contribution in [0.15, 0.2) is 109 Å². The van der Waals surface area contributed by atoms with Gasteiger partial charge in [-0.1, -0.05) is 0 Å². The largest absolute Gasteiger partial charge is 0.497 e. The first-order chi connectivity index (χ1) is 22.4. The van der Waals surface area contributed by atoms with Gasteiger partial charge < -0.3 is 30.1 Å². The van der Waals surface area contributed by atoms with E-state index in [1.54, 1.807) is 38.5 Å². The lowest BCUT2D eigenvalue weighted by Crippen LogP contribution is -2.14. The number of H-pyrrole nitrogens is 2. The van der Waals surface area contributed by atoms with Crippen molar-refractivity contribution in [1.82, 2.24) is 19.9 Å². The fourth-order valence-electron chi connectivity index (χ4n) is 5.12. The van der Waals surface area contributed by atoms with Crippen LogP contribution >= 0.6 is 0 Å². The predicted molar refractivity (Wildman–Crippen MR) is 179 cm³/mol. The van der Waals surface area contributed by atoms with Crippen molar-refractivity contribution in [2.45, 2.75) is 0 Å². The number of aromatic nitrogens is 4. The molecule has 4 N–H and O–H groups in total. The van der Waals surface area contributed by atoms with E-state index in [1.807, 2.05) is 84.9 Å². The van der Waals surface area contributed by atoms with Crippen molar-refractivity contribution >= 4 is 45.3 Å². The van der Waals surface area contributed by atoms with Crippen molar-refractivity contribution in [3.05, 3.63) is 120 Å². The van der Waals surface area contributed by atoms with Crippen LogP contribution in [-0.2, 0) is 0 Å². The van der Waals surface area contributed by atoms with Crippen LogP contribution in [0.5, 0.6) is 11.5 Å². The number of nitrogens with one attached hydrogen (secondary N) is 4. The summed E-state index contributed by atoms with van der Waals surface area (Å²) in [5, 5.41) is 5.83. The number of hydrogen-bond acceptors (Lipinski definition) is 6. The number of anilines is 2. The Morgan fingerprint density at radius 1 is 0.543 bits per heavy atom. The van der Waals surface area contributed by atoms with E-state index in [2.05, 4.69) is 30.6 Å². The van der Waals surface area contributed by atoms with Gasteiger partial charge in [-0.05, 0) is 109 Å². The summed E-state index contributed by atoms with van der Waals surface area (Å²) in [6, 6.07) is 32.7. The average Bonchev–Trinajstić information content (AvgIpc) is 3.72. The maximum Gasteiger partial charge on any atom is 0.255 e. The topological polar surface area (TPSA) is 134 Å². The first kappa shape index (κ1) is 28.4. The monoisotopic (exact) mass is 608 g/mol. The molecule has 10 nitrogen and oxygen atoms in total. The number of carbonyl (C=O) groups is 2. The number of methoxy groups -OCH3 is 2. The normalized spacial score (nSPS) is 11.0. The number of amides is 2. The van der Waals surface area contributed by atoms with Crippen molar-refractivity contribution in [2.24, 2.45) is 0 Å². The summed E-state index contributed by atoms with van der Waals surface area (Å²) in [6.45, 7) is 0. The fraction of sp³-hybridized carbons (Fsp3) is 0.0556. The number of aromatic amines is 2. The summed E-state index contributed by atoms with van der Waals surface area (Å²) in [6.07, 6.45) is 0. The zero-order valence-electron chi connectivity index (χ0n) is 24.9. The van der Waals surface area contributed by atoms with Crippen LogP contribution in [0.25, 0.3) is 44.8 Å². The zero-order valence-corrected chi connectivity index (χ0v) is 24.9. The third kappa shape index (κ3) is 5.74. The van der Waals surface area contributed by atoms with E-state index < -0.39 is 0 Å². The Hall–Kier alpha value is -6.42. The third-order valence-corrected chi connectivity index (χ3v) is 7.62. The highest BCUT2D eigenvalue weighted by Gasteiger charge is 2.13. The lowest BCUT2D eigenvalue weighted by atomic mass is 10.1. The molecule has 0 saturated carbocycles. The summed E-state index contributed by atoms with van der Waals surface area (Å²) in [5.74, 6) is 2.38. The Balaban J connectivity index is 1.00. The molecular weight excluding hydrogens is 580 g/mol. The van der Waals surface area contributed by atoms with E-state index in [4.69, 9.17) is 9.47 Å². The summed E-state index contributed by atoms with van der Waals surface area (Å²) in [4.78, 5) is 42.0. The number of carbonyl (C=O) groups excluding carboxylic acids is 2. The highest BCUT2D eigenvalue weighted by molar-refractivity contribution is 6.08. The van der Waals surface area contributed by atoms with E-state index in [1.165, 1.54) is 0 Å². The molecule has 0 aliphatic heterocycles. The van der Waals surface area contributed by atoms with Crippen molar-refractivity contribution in [2.75, 3.05) is 24.9 Å². The number of rotatable bonds is 8. The molecule has 0 spiro atoms. The summed E-state index contributed by atoms with van der Waals surface area (Å²) >= 11 is 0. The summed E-state index contributed by atoms with van der Waals surface area (Å²) < 4.78 is 10.5. The van der Waals surface area contributed by atoms with Gasteiger partial charge in [-0.2, -0.15) is 0 Å². The van der Waals surface area contributed by atoms with Crippen LogP contribution in [0.1, 0.15) is 20.7 Å². The zero-order chi connectivity index (χ0) is 31.6. The van der Waals surface area contributed by atoms with Gasteiger partial charge in [0.1, 0.15) is 23.1 Å². The Kier molecular flexibility index (Phi) is 7.35. The molecular formula is C36H28N6O4. The number of benzene rings is 5. The number of fused-ring (bicyclic) bond motifs is 2. The Labute approximate surface area is 263 Å². The van der Waals surface area contributed by atoms with E-state index in [-0.39, 0.29) is 11.8 Å².